The molecule has 0 radical (unpaired) electrons. The minimum atomic E-state index is -2.70. The Kier molecular flexibility index (Phi) is 5.59. The Bertz CT molecular complexity index is 1110. The van der Waals surface area contributed by atoms with Crippen molar-refractivity contribution in [2.45, 2.75) is 19.5 Å². The molecule has 0 fully saturated rings. The molecule has 0 unspecified atom stereocenters. The lowest BCUT2D eigenvalue weighted by Crippen LogP contribution is -2.37. The zero-order valence-corrected chi connectivity index (χ0v) is 16.4. The molecule has 0 saturated heterocycles. The molecule has 1 amide bonds. The Hall–Kier alpha value is -3.13. The summed E-state index contributed by atoms with van der Waals surface area (Å²) >= 11 is 5.89. The lowest BCUT2D eigenvalue weighted by molar-refractivity contribution is -0.127. The number of hydrogen-bond acceptors (Lipinski definition) is 3. The lowest BCUT2D eigenvalue weighted by atomic mass is 9.98. The second kappa shape index (κ2) is 8.31. The van der Waals surface area contributed by atoms with Crippen molar-refractivity contribution in [3.63, 3.8) is 0 Å². The minimum absolute atomic E-state index is 0.159. The second-order valence-electron chi connectivity index (χ2n) is 6.71. The largest absolute Gasteiger partial charge is 0.331 e. The summed E-state index contributed by atoms with van der Waals surface area (Å²) in [6.07, 6.45) is 1.96. The first-order valence-electron chi connectivity index (χ1n) is 9.15. The number of carbonyl (C=O) groups excluding carboxylic acids is 1. The van der Waals surface area contributed by atoms with Gasteiger partial charge in [0.1, 0.15) is 11.5 Å². The monoisotopic (exact) mass is 432 g/mol. The Morgan fingerprint density at radius 2 is 1.93 bits per heavy atom. The number of halogens is 4. The molecule has 0 atom stereocenters. The fourth-order valence-corrected chi connectivity index (χ4v) is 3.62. The second-order valence-corrected chi connectivity index (χ2v) is 7.14. The van der Waals surface area contributed by atoms with Crippen LogP contribution in [0.3, 0.4) is 0 Å². The average Bonchev–Trinajstić information content (AvgIpc) is 3.10. The van der Waals surface area contributed by atoms with Gasteiger partial charge < -0.3 is 4.90 Å². The molecular weight excluding hydrogens is 417 g/mol. The van der Waals surface area contributed by atoms with Crippen molar-refractivity contribution in [1.29, 1.82) is 0 Å². The Labute approximate surface area is 175 Å². The normalized spacial score (nSPS) is 13.8. The summed E-state index contributed by atoms with van der Waals surface area (Å²) in [5, 5.41) is 4.86. The first-order chi connectivity index (χ1) is 14.4. The van der Waals surface area contributed by atoms with Crippen LogP contribution in [0.15, 0.2) is 54.9 Å². The summed E-state index contributed by atoms with van der Waals surface area (Å²) in [7, 11) is 0. The van der Waals surface area contributed by atoms with Gasteiger partial charge >= 0.3 is 0 Å². The number of fused-ring (bicyclic) bond motifs is 1. The van der Waals surface area contributed by atoms with Gasteiger partial charge in [0.05, 0.1) is 18.8 Å². The van der Waals surface area contributed by atoms with E-state index in [4.69, 9.17) is 11.6 Å². The van der Waals surface area contributed by atoms with E-state index in [2.05, 4.69) is 10.1 Å². The van der Waals surface area contributed by atoms with Crippen LogP contribution in [0.5, 0.6) is 0 Å². The molecule has 1 aliphatic heterocycles. The molecule has 0 bridgehead atoms. The van der Waals surface area contributed by atoms with Crippen LogP contribution in [-0.4, -0.2) is 38.5 Å². The van der Waals surface area contributed by atoms with Gasteiger partial charge in [-0.3, -0.25) is 14.5 Å². The lowest BCUT2D eigenvalue weighted by Gasteiger charge is -2.27. The van der Waals surface area contributed by atoms with Crippen molar-refractivity contribution >= 4 is 17.5 Å². The van der Waals surface area contributed by atoms with Crippen molar-refractivity contribution < 1.29 is 18.0 Å². The number of aromatic nitrogens is 3. The predicted octanol–water partition coefficient (Wildman–Crippen LogP) is 4.57. The quantitative estimate of drug-likeness (QED) is 0.567. The fourth-order valence-electron chi connectivity index (χ4n) is 3.46. The summed E-state index contributed by atoms with van der Waals surface area (Å²) in [4.78, 5) is 17.8. The summed E-state index contributed by atoms with van der Waals surface area (Å²) in [6.45, 7) is 0.822. The summed E-state index contributed by atoms with van der Waals surface area (Å²) < 4.78 is 41.3. The molecule has 30 heavy (non-hydrogen) atoms. The number of alkyl halides is 2. The number of allylic oxidation sites excluding steroid dienone is 1. The van der Waals surface area contributed by atoms with E-state index in [0.717, 1.165) is 11.6 Å². The molecule has 0 spiro atoms. The molecule has 0 N–H and O–H groups in total. The van der Waals surface area contributed by atoms with Crippen LogP contribution in [0.25, 0.3) is 22.4 Å². The summed E-state index contributed by atoms with van der Waals surface area (Å²) in [6, 6.07) is 7.90. The topological polar surface area (TPSA) is 51.0 Å². The van der Waals surface area contributed by atoms with Gasteiger partial charge in [0.15, 0.2) is 0 Å². The van der Waals surface area contributed by atoms with E-state index in [1.165, 1.54) is 11.0 Å². The number of carbonyl (C=O) groups is 1. The van der Waals surface area contributed by atoms with Gasteiger partial charge in [-0.15, -0.1) is 0 Å². The summed E-state index contributed by atoms with van der Waals surface area (Å²) in [5.41, 5.74) is 2.81. The molecule has 9 heteroatoms. The van der Waals surface area contributed by atoms with Crippen molar-refractivity contribution in [1.82, 2.24) is 19.7 Å². The highest BCUT2D eigenvalue weighted by Crippen LogP contribution is 2.37. The molecule has 1 aromatic carbocycles. The van der Waals surface area contributed by atoms with E-state index >= 15 is 0 Å². The van der Waals surface area contributed by atoms with Crippen LogP contribution in [0.2, 0.25) is 5.02 Å². The maximum absolute atomic E-state index is 14.7. The standard InChI is InChI=1S/C21H16ClF3N4O/c22-14-1-2-15(16(23)11-14)21-20(13-5-7-26-8-6-13)17-12-28(9-10-29(17)27-21)19(30)4-3-18(24)25/h1-8,11,18H,9-10,12H2/b4-3+. The SMILES string of the molecule is O=C(/C=C/C(F)F)N1CCn2nc(-c3ccc(Cl)cc3F)c(-c3ccncc3)c2C1. The van der Waals surface area contributed by atoms with Crippen LogP contribution in [-0.2, 0) is 17.9 Å². The predicted molar refractivity (Wildman–Crippen MR) is 106 cm³/mol. The van der Waals surface area contributed by atoms with E-state index in [1.54, 1.807) is 41.3 Å². The average molecular weight is 433 g/mol. The van der Waals surface area contributed by atoms with Crippen molar-refractivity contribution in [3.8, 4) is 22.4 Å². The molecule has 154 valence electrons. The first-order valence-corrected chi connectivity index (χ1v) is 9.52. The molecular formula is C21H16ClF3N4O. The molecule has 3 aromatic rings. The fraction of sp³-hybridized carbons (Fsp3) is 0.190. The maximum Gasteiger partial charge on any atom is 0.257 e. The Morgan fingerprint density at radius 3 is 2.63 bits per heavy atom. The third-order valence-electron chi connectivity index (χ3n) is 4.83. The van der Waals surface area contributed by atoms with E-state index in [0.29, 0.717) is 36.1 Å². The van der Waals surface area contributed by atoms with Gasteiger partial charge in [-0.1, -0.05) is 11.6 Å². The van der Waals surface area contributed by atoms with E-state index in [1.807, 2.05) is 0 Å². The number of benzene rings is 1. The Balaban J connectivity index is 1.81. The highest BCUT2D eigenvalue weighted by atomic mass is 35.5. The van der Waals surface area contributed by atoms with Crippen molar-refractivity contribution in [2.24, 2.45) is 0 Å². The van der Waals surface area contributed by atoms with Gasteiger partial charge in [0.2, 0.25) is 5.91 Å². The van der Waals surface area contributed by atoms with Gasteiger partial charge in [0, 0.05) is 41.2 Å². The highest BCUT2D eigenvalue weighted by Gasteiger charge is 2.28. The maximum atomic E-state index is 14.7. The van der Waals surface area contributed by atoms with Crippen molar-refractivity contribution in [3.05, 3.63) is 71.4 Å². The number of nitrogens with zero attached hydrogens (tertiary/aromatic N) is 4. The summed E-state index contributed by atoms with van der Waals surface area (Å²) in [5.74, 6) is -1.02. The molecule has 4 rings (SSSR count). The molecule has 1 aliphatic rings. The molecule has 2 aromatic heterocycles. The van der Waals surface area contributed by atoms with Crippen LogP contribution in [0.1, 0.15) is 5.69 Å². The van der Waals surface area contributed by atoms with Crippen LogP contribution in [0.4, 0.5) is 13.2 Å². The van der Waals surface area contributed by atoms with Gasteiger partial charge in [-0.2, -0.15) is 5.10 Å². The number of pyridine rings is 1. The van der Waals surface area contributed by atoms with E-state index < -0.39 is 18.1 Å². The highest BCUT2D eigenvalue weighted by molar-refractivity contribution is 6.30. The van der Waals surface area contributed by atoms with Gasteiger partial charge in [-0.05, 0) is 42.0 Å². The minimum Gasteiger partial charge on any atom is -0.331 e. The number of hydrogen-bond donors (Lipinski definition) is 0. The van der Waals surface area contributed by atoms with E-state index in [-0.39, 0.29) is 17.1 Å². The van der Waals surface area contributed by atoms with Crippen LogP contribution in [0, 0.1) is 5.82 Å². The van der Waals surface area contributed by atoms with Gasteiger partial charge in [0.25, 0.3) is 6.43 Å². The Morgan fingerprint density at radius 1 is 1.17 bits per heavy atom. The number of amides is 1. The first kappa shape index (κ1) is 20.2. The van der Waals surface area contributed by atoms with Gasteiger partial charge in [-0.25, -0.2) is 13.2 Å². The smallest absolute Gasteiger partial charge is 0.257 e. The molecule has 0 aliphatic carbocycles. The third-order valence-corrected chi connectivity index (χ3v) is 5.07. The molecule has 3 heterocycles. The zero-order chi connectivity index (χ0) is 21.3. The molecule has 0 saturated carbocycles. The zero-order valence-electron chi connectivity index (χ0n) is 15.6. The number of rotatable bonds is 4. The van der Waals surface area contributed by atoms with Crippen LogP contribution < -0.4 is 0 Å². The van der Waals surface area contributed by atoms with Crippen molar-refractivity contribution in [2.75, 3.05) is 6.54 Å². The van der Waals surface area contributed by atoms with E-state index in [9.17, 15) is 18.0 Å². The molecule has 5 nitrogen and oxygen atoms in total. The van der Waals surface area contributed by atoms with Crippen LogP contribution >= 0.6 is 11.6 Å². The third kappa shape index (κ3) is 3.95.